The summed E-state index contributed by atoms with van der Waals surface area (Å²) in [6.45, 7) is 0.999. The Morgan fingerprint density at radius 3 is 2.92 bits per heavy atom. The van der Waals surface area contributed by atoms with Gasteiger partial charge < -0.3 is 15.2 Å². The molecule has 126 valence electrons. The first-order chi connectivity index (χ1) is 11.8. The number of amides is 1. The Kier molecular flexibility index (Phi) is 5.43. The molecule has 2 N–H and O–H groups in total. The van der Waals surface area contributed by atoms with Gasteiger partial charge in [0.25, 0.3) is 0 Å². The van der Waals surface area contributed by atoms with Crippen LogP contribution in [0.5, 0.6) is 5.75 Å². The summed E-state index contributed by atoms with van der Waals surface area (Å²) in [7, 11) is 0. The molecule has 0 unspecified atom stereocenters. The summed E-state index contributed by atoms with van der Waals surface area (Å²) in [5.74, 6) is 0.546. The summed E-state index contributed by atoms with van der Waals surface area (Å²) >= 11 is 0. The minimum absolute atomic E-state index is 0.00905. The van der Waals surface area contributed by atoms with Crippen LogP contribution in [-0.2, 0) is 11.2 Å². The van der Waals surface area contributed by atoms with Gasteiger partial charge in [-0.2, -0.15) is 0 Å². The minimum atomic E-state index is -0.191. The Labute approximate surface area is 141 Å². The van der Waals surface area contributed by atoms with E-state index in [1.807, 2.05) is 42.5 Å². The average molecular weight is 326 g/mol. The highest BCUT2D eigenvalue weighted by Gasteiger charge is 2.27. The van der Waals surface area contributed by atoms with Gasteiger partial charge in [-0.25, -0.2) is 0 Å². The average Bonchev–Trinajstić information content (AvgIpc) is 2.65. The van der Waals surface area contributed by atoms with Gasteiger partial charge >= 0.3 is 0 Å². The van der Waals surface area contributed by atoms with Gasteiger partial charge in [0.15, 0.2) is 0 Å². The number of aliphatic hydroxyl groups excluding tert-OH is 1. The van der Waals surface area contributed by atoms with Crippen LogP contribution in [0.25, 0.3) is 0 Å². The topological polar surface area (TPSA) is 71.5 Å². The molecule has 1 aliphatic heterocycles. The van der Waals surface area contributed by atoms with Crippen molar-refractivity contribution in [2.75, 3.05) is 19.8 Å². The van der Waals surface area contributed by atoms with Gasteiger partial charge in [-0.1, -0.05) is 24.3 Å². The Morgan fingerprint density at radius 2 is 2.12 bits per heavy atom. The van der Waals surface area contributed by atoms with Gasteiger partial charge in [0.05, 0.1) is 12.5 Å². The summed E-state index contributed by atoms with van der Waals surface area (Å²) in [5, 5.41) is 12.6. The third-order valence-corrected chi connectivity index (χ3v) is 4.32. The van der Waals surface area contributed by atoms with Gasteiger partial charge in [0.1, 0.15) is 5.75 Å². The van der Waals surface area contributed by atoms with Gasteiger partial charge in [-0.15, -0.1) is 0 Å². The van der Waals surface area contributed by atoms with Crippen LogP contribution in [0.2, 0.25) is 0 Å². The summed E-state index contributed by atoms with van der Waals surface area (Å²) in [6.07, 6.45) is 3.05. The number of carbonyl (C=O) groups excluding carboxylic acids is 1. The molecule has 0 bridgehead atoms. The molecule has 1 aromatic heterocycles. The first-order valence-electron chi connectivity index (χ1n) is 8.28. The number of nitrogens with zero attached hydrogens (tertiary/aromatic N) is 1. The van der Waals surface area contributed by atoms with Crippen LogP contribution < -0.4 is 10.1 Å². The first kappa shape index (κ1) is 16.5. The van der Waals surface area contributed by atoms with Crippen molar-refractivity contribution in [3.05, 3.63) is 59.9 Å². The molecule has 0 radical (unpaired) electrons. The second-order valence-electron chi connectivity index (χ2n) is 6.05. The van der Waals surface area contributed by atoms with Crippen molar-refractivity contribution in [1.29, 1.82) is 0 Å². The first-order valence-corrected chi connectivity index (χ1v) is 8.28. The van der Waals surface area contributed by atoms with E-state index < -0.39 is 0 Å². The van der Waals surface area contributed by atoms with E-state index in [0.717, 1.165) is 17.0 Å². The molecular formula is C19H22N2O3. The number of hydrogen-bond acceptors (Lipinski definition) is 4. The molecule has 3 rings (SSSR count). The van der Waals surface area contributed by atoms with Crippen molar-refractivity contribution in [3.63, 3.8) is 0 Å². The molecule has 5 nitrogen and oxygen atoms in total. The van der Waals surface area contributed by atoms with E-state index in [2.05, 4.69) is 10.3 Å². The number of aliphatic hydroxyl groups is 1. The van der Waals surface area contributed by atoms with Crippen molar-refractivity contribution in [3.8, 4) is 5.75 Å². The van der Waals surface area contributed by atoms with Crippen molar-refractivity contribution in [2.45, 2.75) is 18.8 Å². The van der Waals surface area contributed by atoms with E-state index >= 15 is 0 Å². The SMILES string of the molecule is O=C(NC[C@H](CO)Cc1ccccn1)[C@H]1CCOc2ccccc21. The lowest BCUT2D eigenvalue weighted by molar-refractivity contribution is -0.123. The second-order valence-corrected chi connectivity index (χ2v) is 6.05. The number of para-hydroxylation sites is 1. The van der Waals surface area contributed by atoms with Crippen LogP contribution in [0.3, 0.4) is 0 Å². The quantitative estimate of drug-likeness (QED) is 0.851. The number of hydrogen-bond donors (Lipinski definition) is 2. The van der Waals surface area contributed by atoms with Crippen LogP contribution >= 0.6 is 0 Å². The predicted octanol–water partition coefficient (Wildman–Crippen LogP) is 1.92. The molecule has 0 saturated carbocycles. The van der Waals surface area contributed by atoms with Crippen molar-refractivity contribution in [1.82, 2.24) is 10.3 Å². The van der Waals surface area contributed by atoms with Crippen LogP contribution in [0, 0.1) is 5.92 Å². The van der Waals surface area contributed by atoms with E-state index in [1.165, 1.54) is 0 Å². The fraction of sp³-hybridized carbons (Fsp3) is 0.368. The van der Waals surface area contributed by atoms with Crippen LogP contribution in [-0.4, -0.2) is 35.8 Å². The maximum Gasteiger partial charge on any atom is 0.227 e. The molecule has 1 aliphatic rings. The van der Waals surface area contributed by atoms with E-state index in [9.17, 15) is 9.90 Å². The lowest BCUT2D eigenvalue weighted by atomic mass is 9.92. The van der Waals surface area contributed by atoms with E-state index in [0.29, 0.717) is 26.0 Å². The fourth-order valence-corrected chi connectivity index (χ4v) is 3.00. The maximum absolute atomic E-state index is 12.6. The molecule has 0 fully saturated rings. The molecule has 1 aromatic carbocycles. The van der Waals surface area contributed by atoms with E-state index in [4.69, 9.17) is 4.74 Å². The summed E-state index contributed by atoms with van der Waals surface area (Å²) in [4.78, 5) is 16.8. The Bertz CT molecular complexity index is 675. The van der Waals surface area contributed by atoms with E-state index in [1.54, 1.807) is 6.20 Å². The summed E-state index contributed by atoms with van der Waals surface area (Å²) in [6, 6.07) is 13.4. The highest BCUT2D eigenvalue weighted by molar-refractivity contribution is 5.84. The number of rotatable bonds is 6. The molecule has 24 heavy (non-hydrogen) atoms. The molecular weight excluding hydrogens is 304 g/mol. The smallest absolute Gasteiger partial charge is 0.227 e. The van der Waals surface area contributed by atoms with Crippen molar-refractivity contribution < 1.29 is 14.6 Å². The van der Waals surface area contributed by atoms with Crippen LogP contribution in [0.4, 0.5) is 0 Å². The molecule has 0 aliphatic carbocycles. The normalized spacial score (nSPS) is 17.5. The number of nitrogens with one attached hydrogen (secondary N) is 1. The fourth-order valence-electron chi connectivity index (χ4n) is 3.00. The zero-order valence-corrected chi connectivity index (χ0v) is 13.5. The Balaban J connectivity index is 1.59. The van der Waals surface area contributed by atoms with Gasteiger partial charge in [0.2, 0.25) is 5.91 Å². The lowest BCUT2D eigenvalue weighted by Gasteiger charge is -2.25. The molecule has 2 atom stereocenters. The standard InChI is InChI=1S/C19H22N2O3/c22-13-14(11-15-5-3-4-9-20-15)12-21-19(23)17-8-10-24-18-7-2-1-6-16(17)18/h1-7,9,14,17,22H,8,10-13H2,(H,21,23)/t14-,17+/m1/s1. The number of aromatic nitrogens is 1. The molecule has 0 spiro atoms. The number of ether oxygens (including phenoxy) is 1. The lowest BCUT2D eigenvalue weighted by Crippen LogP contribution is -2.36. The highest BCUT2D eigenvalue weighted by Crippen LogP contribution is 2.33. The van der Waals surface area contributed by atoms with Gasteiger partial charge in [0, 0.05) is 36.5 Å². The third-order valence-electron chi connectivity index (χ3n) is 4.32. The van der Waals surface area contributed by atoms with Crippen LogP contribution in [0.15, 0.2) is 48.7 Å². The summed E-state index contributed by atoms with van der Waals surface area (Å²) < 4.78 is 5.60. The number of fused-ring (bicyclic) bond motifs is 1. The predicted molar refractivity (Wildman–Crippen MR) is 90.8 cm³/mol. The third kappa shape index (κ3) is 3.92. The Hall–Kier alpha value is -2.40. The number of benzene rings is 1. The van der Waals surface area contributed by atoms with Gasteiger partial charge in [-0.05, 0) is 31.0 Å². The molecule has 2 heterocycles. The number of pyridine rings is 1. The van der Waals surface area contributed by atoms with Crippen LogP contribution in [0.1, 0.15) is 23.6 Å². The summed E-state index contributed by atoms with van der Waals surface area (Å²) in [5.41, 5.74) is 1.86. The Morgan fingerprint density at radius 1 is 1.29 bits per heavy atom. The van der Waals surface area contributed by atoms with E-state index in [-0.39, 0.29) is 24.3 Å². The monoisotopic (exact) mass is 326 g/mol. The zero-order chi connectivity index (χ0) is 16.8. The van der Waals surface area contributed by atoms with Gasteiger partial charge in [-0.3, -0.25) is 9.78 Å². The van der Waals surface area contributed by atoms with Crippen molar-refractivity contribution >= 4 is 5.91 Å². The molecule has 5 heteroatoms. The second kappa shape index (κ2) is 7.93. The zero-order valence-electron chi connectivity index (χ0n) is 13.5. The number of carbonyl (C=O) groups is 1. The largest absolute Gasteiger partial charge is 0.493 e. The minimum Gasteiger partial charge on any atom is -0.493 e. The highest BCUT2D eigenvalue weighted by atomic mass is 16.5. The molecule has 2 aromatic rings. The van der Waals surface area contributed by atoms with Crippen molar-refractivity contribution in [2.24, 2.45) is 5.92 Å². The molecule has 1 amide bonds. The maximum atomic E-state index is 12.6. The molecule has 0 saturated heterocycles.